The highest BCUT2D eigenvalue weighted by Crippen LogP contribution is 2.13. The molecule has 0 aliphatic carbocycles. The van der Waals surface area contributed by atoms with Gasteiger partial charge in [0.1, 0.15) is 5.82 Å². The topological polar surface area (TPSA) is 96.8 Å². The van der Waals surface area contributed by atoms with Crippen LogP contribution in [0.3, 0.4) is 0 Å². The second-order valence-corrected chi connectivity index (χ2v) is 6.34. The van der Waals surface area contributed by atoms with Crippen molar-refractivity contribution < 1.29 is 4.79 Å². The van der Waals surface area contributed by atoms with Crippen molar-refractivity contribution in [2.75, 3.05) is 5.32 Å². The number of nitrogens with one attached hydrogen (secondary N) is 2. The first-order valence-electron chi connectivity index (χ1n) is 8.61. The van der Waals surface area contributed by atoms with Crippen LogP contribution in [0.1, 0.15) is 15.9 Å². The number of fused-ring (bicyclic) bond motifs is 1. The molecule has 28 heavy (non-hydrogen) atoms. The van der Waals surface area contributed by atoms with E-state index in [0.717, 1.165) is 10.1 Å². The van der Waals surface area contributed by atoms with E-state index in [9.17, 15) is 14.4 Å². The Morgan fingerprint density at radius 3 is 2.57 bits per heavy atom. The third-order valence-electron chi connectivity index (χ3n) is 4.33. The van der Waals surface area contributed by atoms with E-state index in [1.807, 2.05) is 13.0 Å². The Morgan fingerprint density at radius 2 is 1.82 bits per heavy atom. The minimum atomic E-state index is -0.568. The molecule has 7 heteroatoms. The smallest absolute Gasteiger partial charge is 0.307 e. The molecule has 4 rings (SSSR count). The van der Waals surface area contributed by atoms with Gasteiger partial charge in [-0.2, -0.15) is 0 Å². The lowest BCUT2D eigenvalue weighted by molar-refractivity contribution is 0.102. The fraction of sp³-hybridized carbons (Fsp3) is 0.0476. The number of hydrogen-bond acceptors (Lipinski definition) is 4. The monoisotopic (exact) mass is 372 g/mol. The van der Waals surface area contributed by atoms with Crippen molar-refractivity contribution in [2.45, 2.75) is 6.92 Å². The Hall–Kier alpha value is -4.00. The zero-order valence-corrected chi connectivity index (χ0v) is 15.0. The number of amides is 1. The van der Waals surface area contributed by atoms with Gasteiger partial charge in [0, 0.05) is 11.8 Å². The number of anilines is 1. The number of rotatable bonds is 3. The molecule has 1 amide bonds. The number of benzene rings is 2. The van der Waals surface area contributed by atoms with E-state index >= 15 is 0 Å². The lowest BCUT2D eigenvalue weighted by Gasteiger charge is -2.08. The van der Waals surface area contributed by atoms with Crippen LogP contribution in [0.25, 0.3) is 16.6 Å². The average Bonchev–Trinajstić information content (AvgIpc) is 2.68. The molecule has 0 spiro atoms. The molecule has 2 heterocycles. The predicted octanol–water partition coefficient (Wildman–Crippen LogP) is 2.63. The molecular weight excluding hydrogens is 356 g/mol. The predicted molar refractivity (Wildman–Crippen MR) is 107 cm³/mol. The summed E-state index contributed by atoms with van der Waals surface area (Å²) in [4.78, 5) is 44.5. The molecule has 0 radical (unpaired) electrons. The van der Waals surface area contributed by atoms with Gasteiger partial charge in [-0.15, -0.1) is 0 Å². The van der Waals surface area contributed by atoms with E-state index in [1.54, 1.807) is 48.7 Å². The molecule has 0 aliphatic rings. The normalized spacial score (nSPS) is 10.8. The number of aromatic nitrogens is 3. The first-order valence-corrected chi connectivity index (χ1v) is 8.61. The van der Waals surface area contributed by atoms with Crippen LogP contribution in [0.4, 0.5) is 5.82 Å². The highest BCUT2D eigenvalue weighted by Gasteiger charge is 2.13. The summed E-state index contributed by atoms with van der Waals surface area (Å²) in [5.41, 5.74) is 1.03. The fourth-order valence-corrected chi connectivity index (χ4v) is 2.96. The summed E-state index contributed by atoms with van der Waals surface area (Å²) in [6, 6.07) is 16.8. The summed E-state index contributed by atoms with van der Waals surface area (Å²) in [5.74, 6) is 0.0474. The summed E-state index contributed by atoms with van der Waals surface area (Å²) in [5, 5.41) is 3.02. The second kappa shape index (κ2) is 6.96. The zero-order chi connectivity index (χ0) is 19.7. The first-order chi connectivity index (χ1) is 13.5. The van der Waals surface area contributed by atoms with Gasteiger partial charge >= 0.3 is 5.69 Å². The maximum Gasteiger partial charge on any atom is 0.333 e. The second-order valence-electron chi connectivity index (χ2n) is 6.34. The van der Waals surface area contributed by atoms with Gasteiger partial charge in [-0.25, -0.2) is 14.3 Å². The molecule has 2 N–H and O–H groups in total. The molecule has 4 aromatic rings. The maximum atomic E-state index is 12.8. The maximum absolute atomic E-state index is 12.8. The molecule has 0 saturated heterocycles. The fourth-order valence-electron chi connectivity index (χ4n) is 2.96. The lowest BCUT2D eigenvalue weighted by Crippen LogP contribution is -2.33. The van der Waals surface area contributed by atoms with Crippen molar-refractivity contribution in [3.63, 3.8) is 0 Å². The molecule has 0 unspecified atom stereocenters. The Labute approximate surface area is 159 Å². The summed E-state index contributed by atoms with van der Waals surface area (Å²) >= 11 is 0. The average molecular weight is 372 g/mol. The van der Waals surface area contributed by atoms with Gasteiger partial charge in [0.25, 0.3) is 11.5 Å². The number of para-hydroxylation sites is 1. The molecule has 0 fully saturated rings. The first kappa shape index (κ1) is 17.4. The number of H-pyrrole nitrogens is 1. The van der Waals surface area contributed by atoms with Crippen LogP contribution in [0.5, 0.6) is 0 Å². The van der Waals surface area contributed by atoms with E-state index in [-0.39, 0.29) is 5.91 Å². The summed E-state index contributed by atoms with van der Waals surface area (Å²) in [6.45, 7) is 1.90. The van der Waals surface area contributed by atoms with Crippen molar-refractivity contribution in [1.82, 2.24) is 14.5 Å². The molecule has 0 atom stereocenters. The van der Waals surface area contributed by atoms with Gasteiger partial charge in [-0.1, -0.05) is 18.2 Å². The van der Waals surface area contributed by atoms with Crippen LogP contribution < -0.4 is 16.6 Å². The van der Waals surface area contributed by atoms with E-state index < -0.39 is 11.2 Å². The van der Waals surface area contributed by atoms with Crippen LogP contribution in [0.15, 0.2) is 76.4 Å². The highest BCUT2D eigenvalue weighted by molar-refractivity contribution is 6.05. The largest absolute Gasteiger partial charge is 0.333 e. The van der Waals surface area contributed by atoms with Crippen molar-refractivity contribution in [2.24, 2.45) is 0 Å². The minimum Gasteiger partial charge on any atom is -0.307 e. The summed E-state index contributed by atoms with van der Waals surface area (Å²) in [7, 11) is 0. The van der Waals surface area contributed by atoms with Gasteiger partial charge in [0.15, 0.2) is 0 Å². The van der Waals surface area contributed by atoms with Gasteiger partial charge in [-0.3, -0.25) is 9.59 Å². The van der Waals surface area contributed by atoms with Gasteiger partial charge in [0.05, 0.1) is 16.6 Å². The van der Waals surface area contributed by atoms with Gasteiger partial charge < -0.3 is 10.3 Å². The lowest BCUT2D eigenvalue weighted by atomic mass is 10.1. The number of aryl methyl sites for hydroxylation is 1. The number of aromatic amines is 1. The molecule has 0 bridgehead atoms. The van der Waals surface area contributed by atoms with Gasteiger partial charge in [0.2, 0.25) is 0 Å². The van der Waals surface area contributed by atoms with E-state index in [0.29, 0.717) is 28.0 Å². The van der Waals surface area contributed by atoms with Crippen molar-refractivity contribution in [1.29, 1.82) is 0 Å². The number of hydrogen-bond donors (Lipinski definition) is 2. The number of pyridine rings is 1. The molecule has 0 saturated carbocycles. The quantitative estimate of drug-likeness (QED) is 0.578. The highest BCUT2D eigenvalue weighted by atomic mass is 16.2. The Bertz CT molecular complexity index is 1310. The molecular formula is C21H16N4O3. The number of nitrogens with zero attached hydrogens (tertiary/aromatic N) is 2. The molecule has 2 aromatic heterocycles. The van der Waals surface area contributed by atoms with Gasteiger partial charge in [-0.05, 0) is 55.0 Å². The third-order valence-corrected chi connectivity index (χ3v) is 4.33. The van der Waals surface area contributed by atoms with E-state index in [4.69, 9.17) is 0 Å². The summed E-state index contributed by atoms with van der Waals surface area (Å²) < 4.78 is 1.07. The van der Waals surface area contributed by atoms with Crippen LogP contribution in [-0.2, 0) is 0 Å². The molecule has 138 valence electrons. The zero-order valence-electron chi connectivity index (χ0n) is 15.0. The van der Waals surface area contributed by atoms with Crippen LogP contribution in [0, 0.1) is 6.92 Å². The summed E-state index contributed by atoms with van der Waals surface area (Å²) in [6.07, 6.45) is 1.61. The van der Waals surface area contributed by atoms with Crippen molar-refractivity contribution in [3.05, 3.63) is 98.8 Å². The minimum absolute atomic E-state index is 0.298. The molecule has 0 aliphatic heterocycles. The molecule has 7 nitrogen and oxygen atoms in total. The van der Waals surface area contributed by atoms with Crippen LogP contribution >= 0.6 is 0 Å². The Kier molecular flexibility index (Phi) is 4.33. The molecule has 2 aromatic carbocycles. The third kappa shape index (κ3) is 3.21. The Morgan fingerprint density at radius 1 is 1.04 bits per heavy atom. The van der Waals surface area contributed by atoms with Crippen molar-refractivity contribution >= 4 is 22.6 Å². The van der Waals surface area contributed by atoms with Crippen molar-refractivity contribution in [3.8, 4) is 5.69 Å². The van der Waals surface area contributed by atoms with Crippen LogP contribution in [-0.4, -0.2) is 20.4 Å². The number of carbonyl (C=O) groups is 1. The van der Waals surface area contributed by atoms with E-state index in [2.05, 4.69) is 15.3 Å². The Balaban J connectivity index is 1.75. The SMILES string of the molecule is Cc1ccnc(NC(=O)c2ccc3c(=O)n(-c4ccccc4)c(=O)[nH]c3c2)c1. The van der Waals surface area contributed by atoms with E-state index in [1.165, 1.54) is 12.1 Å². The van der Waals surface area contributed by atoms with Crippen LogP contribution in [0.2, 0.25) is 0 Å². The number of carbonyl (C=O) groups excluding carboxylic acids is 1. The standard InChI is InChI=1S/C21H16N4O3/c1-13-9-10-22-18(11-13)24-19(26)14-7-8-16-17(12-14)23-21(28)25(20(16)27)15-5-3-2-4-6-15/h2-12H,1H3,(H,23,28)(H,22,24,26).